The zero-order chi connectivity index (χ0) is 18.2. The molecule has 0 aliphatic heterocycles. The first-order valence-electron chi connectivity index (χ1n) is 8.10. The van der Waals surface area contributed by atoms with E-state index in [1.54, 1.807) is 0 Å². The summed E-state index contributed by atoms with van der Waals surface area (Å²) in [4.78, 5) is 22.7. The van der Waals surface area contributed by atoms with Crippen LogP contribution in [0.15, 0.2) is 48.5 Å². The van der Waals surface area contributed by atoms with Gasteiger partial charge >= 0.3 is 5.97 Å². The van der Waals surface area contributed by atoms with Crippen LogP contribution in [-0.2, 0) is 16.1 Å². The van der Waals surface area contributed by atoms with Gasteiger partial charge in [0, 0.05) is 10.5 Å². The second-order valence-electron chi connectivity index (χ2n) is 5.95. The fourth-order valence-electron chi connectivity index (χ4n) is 2.47. The zero-order valence-corrected chi connectivity index (χ0v) is 15.4. The van der Waals surface area contributed by atoms with Gasteiger partial charge in [0.15, 0.2) is 0 Å². The van der Waals surface area contributed by atoms with Crippen molar-refractivity contribution in [1.29, 1.82) is 0 Å². The van der Waals surface area contributed by atoms with E-state index in [1.807, 2.05) is 62.4 Å². The summed E-state index contributed by atoms with van der Waals surface area (Å²) < 4.78 is 5.27. The Morgan fingerprint density at radius 2 is 1.88 bits per heavy atom. The summed E-state index contributed by atoms with van der Waals surface area (Å²) in [5.41, 5.74) is 2.83. The number of hydrogen-bond donors (Lipinski definition) is 0. The predicted octanol–water partition coefficient (Wildman–Crippen LogP) is 2.83. The monoisotopic (exact) mass is 355 g/mol. The van der Waals surface area contributed by atoms with E-state index in [4.69, 9.17) is 4.74 Å². The number of carbonyl (C=O) groups excluding carboxylic acids is 1. The van der Waals surface area contributed by atoms with Crippen LogP contribution in [0.2, 0.25) is 5.54 Å². The highest BCUT2D eigenvalue weighted by Crippen LogP contribution is 2.14. The minimum atomic E-state index is -0.395. The predicted molar refractivity (Wildman–Crippen MR) is 97.8 cm³/mol. The lowest BCUT2D eigenvalue weighted by Gasteiger charge is -2.14. The molecule has 1 unspecified atom stereocenters. The topological polar surface area (TPSA) is 69.4 Å². The molecule has 0 aliphatic rings. The summed E-state index contributed by atoms with van der Waals surface area (Å²) in [6.45, 7) is 3.98. The molecule has 0 fully saturated rings. The fraction of sp³-hybridized carbons (Fsp3) is 0.316. The Balaban J connectivity index is 1.98. The summed E-state index contributed by atoms with van der Waals surface area (Å²) in [5, 5.41) is 12.0. The van der Waals surface area contributed by atoms with E-state index in [-0.39, 0.29) is 39.6 Å². The van der Waals surface area contributed by atoms with Crippen molar-refractivity contribution in [2.24, 2.45) is 0 Å². The van der Waals surface area contributed by atoms with Gasteiger partial charge in [-0.05, 0) is 30.5 Å². The third-order valence-corrected chi connectivity index (χ3v) is 5.64. The zero-order valence-electron chi connectivity index (χ0n) is 14.4. The molecule has 6 heteroatoms. The van der Waals surface area contributed by atoms with Gasteiger partial charge in [-0.2, -0.15) is 0 Å². The molecule has 0 heterocycles. The molecule has 0 saturated heterocycles. The van der Waals surface area contributed by atoms with Gasteiger partial charge in [0.25, 0.3) is 0 Å². The molecular weight excluding hydrogens is 334 g/mol. The van der Waals surface area contributed by atoms with Gasteiger partial charge < -0.3 is 4.74 Å². The second-order valence-corrected chi connectivity index (χ2v) is 7.60. The second kappa shape index (κ2) is 9.13. The van der Waals surface area contributed by atoms with Gasteiger partial charge in [-0.1, -0.05) is 53.7 Å². The highest BCUT2D eigenvalue weighted by Gasteiger charge is 2.23. The van der Waals surface area contributed by atoms with Crippen LogP contribution in [0.5, 0.6) is 0 Å². The molecule has 2 radical (unpaired) electrons. The van der Waals surface area contributed by atoms with Crippen LogP contribution >= 0.6 is 0 Å². The lowest BCUT2D eigenvalue weighted by atomic mass is 10.1. The maximum atomic E-state index is 12.1. The van der Waals surface area contributed by atoms with Gasteiger partial charge in [0.05, 0.1) is 15.9 Å². The average Bonchev–Trinajstić information content (AvgIpc) is 2.57. The SMILES string of the molecule is Cc1cccc([Si]C(CC(=O)OCc2ccccc2)C[N+](=O)[O-])c1C. The lowest BCUT2D eigenvalue weighted by Crippen LogP contribution is -2.29. The van der Waals surface area contributed by atoms with Gasteiger partial charge in [0.2, 0.25) is 6.54 Å². The molecule has 0 aromatic heterocycles. The molecule has 0 bridgehead atoms. The summed E-state index contributed by atoms with van der Waals surface area (Å²) in [5.74, 6) is -0.395. The van der Waals surface area contributed by atoms with Crippen molar-refractivity contribution in [2.75, 3.05) is 6.54 Å². The van der Waals surface area contributed by atoms with Crippen molar-refractivity contribution >= 4 is 20.7 Å². The molecule has 0 saturated carbocycles. The maximum Gasteiger partial charge on any atom is 0.306 e. The third kappa shape index (κ3) is 6.15. The first-order valence-corrected chi connectivity index (χ1v) is 9.17. The summed E-state index contributed by atoms with van der Waals surface area (Å²) in [7, 11) is 0.205. The van der Waals surface area contributed by atoms with Crippen molar-refractivity contribution in [1.82, 2.24) is 0 Å². The molecule has 130 valence electrons. The Morgan fingerprint density at radius 1 is 1.16 bits per heavy atom. The Kier molecular flexibility index (Phi) is 6.88. The molecule has 0 N–H and O–H groups in total. The van der Waals surface area contributed by atoms with Crippen LogP contribution in [0.3, 0.4) is 0 Å². The van der Waals surface area contributed by atoms with Crippen LogP contribution in [0.4, 0.5) is 0 Å². The van der Waals surface area contributed by atoms with E-state index in [1.165, 1.54) is 0 Å². The molecule has 0 aliphatic carbocycles. The third-order valence-electron chi connectivity index (χ3n) is 3.99. The molecule has 1 atom stereocenters. The summed E-state index contributed by atoms with van der Waals surface area (Å²) in [6, 6.07) is 15.3. The number of benzene rings is 2. The van der Waals surface area contributed by atoms with Crippen molar-refractivity contribution < 1.29 is 14.5 Å². The van der Waals surface area contributed by atoms with Gasteiger partial charge in [-0.3, -0.25) is 14.9 Å². The number of ether oxygens (including phenoxy) is 1. The number of carbonyl (C=O) groups is 1. The highest BCUT2D eigenvalue weighted by atomic mass is 28.2. The van der Waals surface area contributed by atoms with E-state index in [0.717, 1.165) is 21.9 Å². The molecule has 5 nitrogen and oxygen atoms in total. The lowest BCUT2D eigenvalue weighted by molar-refractivity contribution is -0.480. The van der Waals surface area contributed by atoms with Crippen LogP contribution in [-0.4, -0.2) is 27.0 Å². The Bertz CT molecular complexity index is 733. The number of rotatable bonds is 8. The van der Waals surface area contributed by atoms with E-state index < -0.39 is 5.97 Å². The standard InChI is InChI=1S/C19H21NO4Si/c1-14-7-6-10-18(15(14)2)25-17(12-20(22)23)11-19(21)24-13-16-8-4-3-5-9-16/h3-10,17H,11-13H2,1-2H3. The molecular formula is C19H21NO4Si. The number of nitro groups is 1. The summed E-state index contributed by atoms with van der Waals surface area (Å²) >= 11 is 0. The van der Waals surface area contributed by atoms with E-state index >= 15 is 0 Å². The Hall–Kier alpha value is -2.47. The molecule has 2 aromatic carbocycles. The Labute approximate surface area is 150 Å². The minimum absolute atomic E-state index is 0.0552. The van der Waals surface area contributed by atoms with E-state index in [9.17, 15) is 14.9 Å². The normalized spacial score (nSPS) is 11.8. The fourth-order valence-corrected chi connectivity index (χ4v) is 4.02. The molecule has 2 rings (SSSR count). The average molecular weight is 355 g/mol. The number of hydrogen-bond acceptors (Lipinski definition) is 4. The van der Waals surface area contributed by atoms with E-state index in [0.29, 0.717) is 0 Å². The quantitative estimate of drug-likeness (QED) is 0.316. The first kappa shape index (κ1) is 18.9. The van der Waals surface area contributed by atoms with Crippen LogP contribution < -0.4 is 5.19 Å². The van der Waals surface area contributed by atoms with Gasteiger partial charge in [-0.15, -0.1) is 0 Å². The molecule has 25 heavy (non-hydrogen) atoms. The number of nitrogens with zero attached hydrogens (tertiary/aromatic N) is 1. The van der Waals surface area contributed by atoms with Gasteiger partial charge in [-0.25, -0.2) is 0 Å². The smallest absolute Gasteiger partial charge is 0.306 e. The highest BCUT2D eigenvalue weighted by molar-refractivity contribution is 6.56. The van der Waals surface area contributed by atoms with Crippen molar-refractivity contribution in [3.8, 4) is 0 Å². The Morgan fingerprint density at radius 3 is 2.56 bits per heavy atom. The van der Waals surface area contributed by atoms with Gasteiger partial charge in [0.1, 0.15) is 6.61 Å². The number of aryl methyl sites for hydroxylation is 1. The first-order chi connectivity index (χ1) is 12.0. The molecule has 0 amide bonds. The van der Waals surface area contributed by atoms with Crippen molar-refractivity contribution in [3.05, 3.63) is 75.3 Å². The minimum Gasteiger partial charge on any atom is -0.461 e. The van der Waals surface area contributed by atoms with E-state index in [2.05, 4.69) is 0 Å². The van der Waals surface area contributed by atoms with Crippen LogP contribution in [0.1, 0.15) is 23.1 Å². The van der Waals surface area contributed by atoms with Crippen molar-refractivity contribution in [3.63, 3.8) is 0 Å². The van der Waals surface area contributed by atoms with Crippen LogP contribution in [0.25, 0.3) is 0 Å². The maximum absolute atomic E-state index is 12.1. The number of esters is 1. The molecule has 0 spiro atoms. The molecule has 2 aromatic rings. The van der Waals surface area contributed by atoms with Crippen LogP contribution in [0, 0.1) is 24.0 Å². The largest absolute Gasteiger partial charge is 0.461 e. The van der Waals surface area contributed by atoms with Crippen molar-refractivity contribution in [2.45, 2.75) is 32.4 Å². The summed E-state index contributed by atoms with van der Waals surface area (Å²) in [6.07, 6.45) is 0.0552.